The maximum atomic E-state index is 5.20. The molecule has 0 heterocycles. The smallest absolute Gasteiger partial charge is 0.118 e. The molecule has 1 nitrogen and oxygen atoms in total. The van der Waals surface area contributed by atoms with Crippen LogP contribution < -0.4 is 4.74 Å². The molecule has 0 fully saturated rings. The van der Waals surface area contributed by atoms with E-state index in [0.29, 0.717) is 5.92 Å². The van der Waals surface area contributed by atoms with Crippen LogP contribution in [-0.2, 0) is 12.8 Å². The van der Waals surface area contributed by atoms with Gasteiger partial charge in [-0.1, -0.05) is 55.8 Å². The number of methoxy groups -OCH3 is 1. The number of hydrogen-bond donors (Lipinski definition) is 0. The van der Waals surface area contributed by atoms with Crippen molar-refractivity contribution in [3.8, 4) is 5.75 Å². The second kappa shape index (κ2) is 6.98. The molecule has 0 aliphatic carbocycles. The van der Waals surface area contributed by atoms with Crippen molar-refractivity contribution in [1.82, 2.24) is 0 Å². The second-order valence-electron chi connectivity index (χ2n) is 5.02. The standard InChI is InChI=1S/C18H22O/c1-3-15(13-16-7-5-4-6-8-16)14-17-9-11-18(19-2)12-10-17/h4-12,15H,3,13-14H2,1-2H3. The Labute approximate surface area is 116 Å². The maximum Gasteiger partial charge on any atom is 0.118 e. The Morgan fingerprint density at radius 3 is 1.95 bits per heavy atom. The van der Waals surface area contributed by atoms with Crippen LogP contribution in [0.4, 0.5) is 0 Å². The minimum Gasteiger partial charge on any atom is -0.497 e. The highest BCUT2D eigenvalue weighted by atomic mass is 16.5. The van der Waals surface area contributed by atoms with E-state index in [-0.39, 0.29) is 0 Å². The van der Waals surface area contributed by atoms with E-state index >= 15 is 0 Å². The van der Waals surface area contributed by atoms with Gasteiger partial charge in [-0.25, -0.2) is 0 Å². The van der Waals surface area contributed by atoms with Gasteiger partial charge >= 0.3 is 0 Å². The topological polar surface area (TPSA) is 9.23 Å². The summed E-state index contributed by atoms with van der Waals surface area (Å²) in [5.74, 6) is 1.63. The molecular weight excluding hydrogens is 232 g/mol. The lowest BCUT2D eigenvalue weighted by Gasteiger charge is -2.15. The van der Waals surface area contributed by atoms with Crippen LogP contribution >= 0.6 is 0 Å². The molecule has 0 aliphatic heterocycles. The van der Waals surface area contributed by atoms with Gasteiger partial charge < -0.3 is 4.74 Å². The molecule has 2 rings (SSSR count). The maximum absolute atomic E-state index is 5.20. The van der Waals surface area contributed by atoms with Gasteiger partial charge in [0.15, 0.2) is 0 Å². The van der Waals surface area contributed by atoms with Crippen LogP contribution in [0.15, 0.2) is 54.6 Å². The third-order valence-corrected chi connectivity index (χ3v) is 3.63. The molecule has 0 amide bonds. The van der Waals surface area contributed by atoms with Crippen LogP contribution in [0.1, 0.15) is 24.5 Å². The molecule has 2 aromatic carbocycles. The van der Waals surface area contributed by atoms with Crippen molar-refractivity contribution in [2.45, 2.75) is 26.2 Å². The van der Waals surface area contributed by atoms with Gasteiger partial charge in [0, 0.05) is 0 Å². The van der Waals surface area contributed by atoms with Crippen LogP contribution in [0.3, 0.4) is 0 Å². The highest BCUT2D eigenvalue weighted by Gasteiger charge is 2.08. The first-order valence-electron chi connectivity index (χ1n) is 6.98. The van der Waals surface area contributed by atoms with E-state index in [0.717, 1.165) is 18.6 Å². The quantitative estimate of drug-likeness (QED) is 0.737. The third-order valence-electron chi connectivity index (χ3n) is 3.63. The molecule has 2 aromatic rings. The lowest BCUT2D eigenvalue weighted by Crippen LogP contribution is -2.07. The fourth-order valence-electron chi connectivity index (χ4n) is 2.40. The molecule has 1 unspecified atom stereocenters. The van der Waals surface area contributed by atoms with Crippen molar-refractivity contribution in [2.75, 3.05) is 7.11 Å². The third kappa shape index (κ3) is 4.13. The van der Waals surface area contributed by atoms with E-state index in [1.807, 2.05) is 12.1 Å². The van der Waals surface area contributed by atoms with Crippen molar-refractivity contribution in [2.24, 2.45) is 5.92 Å². The Morgan fingerprint density at radius 2 is 1.42 bits per heavy atom. The zero-order valence-electron chi connectivity index (χ0n) is 11.8. The van der Waals surface area contributed by atoms with E-state index < -0.39 is 0 Å². The first-order valence-corrected chi connectivity index (χ1v) is 6.98. The molecule has 1 atom stereocenters. The molecule has 1 heteroatoms. The molecule has 0 saturated heterocycles. The summed E-state index contributed by atoms with van der Waals surface area (Å²) in [4.78, 5) is 0. The highest BCUT2D eigenvalue weighted by molar-refractivity contribution is 5.27. The van der Waals surface area contributed by atoms with Gasteiger partial charge in [0.05, 0.1) is 7.11 Å². The van der Waals surface area contributed by atoms with Crippen molar-refractivity contribution >= 4 is 0 Å². The van der Waals surface area contributed by atoms with E-state index in [1.54, 1.807) is 7.11 Å². The summed E-state index contributed by atoms with van der Waals surface area (Å²) in [7, 11) is 1.71. The summed E-state index contributed by atoms with van der Waals surface area (Å²) in [6.07, 6.45) is 3.50. The van der Waals surface area contributed by atoms with Crippen LogP contribution in [0.2, 0.25) is 0 Å². The van der Waals surface area contributed by atoms with Crippen molar-refractivity contribution < 1.29 is 4.74 Å². The molecule has 19 heavy (non-hydrogen) atoms. The van der Waals surface area contributed by atoms with Crippen molar-refractivity contribution in [1.29, 1.82) is 0 Å². The zero-order chi connectivity index (χ0) is 13.5. The molecular formula is C18H22O. The van der Waals surface area contributed by atoms with Crippen LogP contribution in [0, 0.1) is 5.92 Å². The average Bonchev–Trinajstić information content (AvgIpc) is 2.48. The van der Waals surface area contributed by atoms with Gasteiger partial charge in [-0.05, 0) is 42.0 Å². The second-order valence-corrected chi connectivity index (χ2v) is 5.02. The van der Waals surface area contributed by atoms with Crippen LogP contribution in [-0.4, -0.2) is 7.11 Å². The highest BCUT2D eigenvalue weighted by Crippen LogP contribution is 2.19. The summed E-state index contributed by atoms with van der Waals surface area (Å²) in [5, 5.41) is 0. The minimum absolute atomic E-state index is 0.704. The Hall–Kier alpha value is -1.76. The monoisotopic (exact) mass is 254 g/mol. The summed E-state index contributed by atoms with van der Waals surface area (Å²) in [6, 6.07) is 19.2. The van der Waals surface area contributed by atoms with Gasteiger partial charge in [0.25, 0.3) is 0 Å². The van der Waals surface area contributed by atoms with Crippen LogP contribution in [0.5, 0.6) is 5.75 Å². The normalized spacial score (nSPS) is 12.1. The summed E-state index contributed by atoms with van der Waals surface area (Å²) < 4.78 is 5.20. The fourth-order valence-corrected chi connectivity index (χ4v) is 2.40. The van der Waals surface area contributed by atoms with E-state index in [9.17, 15) is 0 Å². The predicted octanol–water partition coefficient (Wildman–Crippen LogP) is 4.51. The SMILES string of the molecule is CCC(Cc1ccccc1)Cc1ccc(OC)cc1. The minimum atomic E-state index is 0.704. The molecule has 0 aromatic heterocycles. The molecule has 0 aliphatic rings. The molecule has 0 N–H and O–H groups in total. The lowest BCUT2D eigenvalue weighted by atomic mass is 9.90. The summed E-state index contributed by atoms with van der Waals surface area (Å²) in [5.41, 5.74) is 2.83. The number of benzene rings is 2. The first-order chi connectivity index (χ1) is 9.31. The molecule has 100 valence electrons. The Morgan fingerprint density at radius 1 is 0.842 bits per heavy atom. The van der Waals surface area contributed by atoms with Gasteiger partial charge in [-0.2, -0.15) is 0 Å². The van der Waals surface area contributed by atoms with E-state index in [2.05, 4.69) is 49.4 Å². The first kappa shape index (κ1) is 13.7. The molecule has 0 spiro atoms. The Bertz CT molecular complexity index is 473. The predicted molar refractivity (Wildman–Crippen MR) is 80.6 cm³/mol. The van der Waals surface area contributed by atoms with Gasteiger partial charge in [0.2, 0.25) is 0 Å². The zero-order valence-corrected chi connectivity index (χ0v) is 11.8. The van der Waals surface area contributed by atoms with Crippen molar-refractivity contribution in [3.63, 3.8) is 0 Å². The van der Waals surface area contributed by atoms with Crippen LogP contribution in [0.25, 0.3) is 0 Å². The largest absolute Gasteiger partial charge is 0.497 e. The molecule has 0 saturated carbocycles. The number of hydrogen-bond acceptors (Lipinski definition) is 1. The number of rotatable bonds is 6. The molecule has 0 bridgehead atoms. The Kier molecular flexibility index (Phi) is 5.02. The summed E-state index contributed by atoms with van der Waals surface area (Å²) >= 11 is 0. The van der Waals surface area contributed by atoms with Gasteiger partial charge in [-0.3, -0.25) is 0 Å². The molecule has 0 radical (unpaired) electrons. The van der Waals surface area contributed by atoms with Gasteiger partial charge in [-0.15, -0.1) is 0 Å². The van der Waals surface area contributed by atoms with E-state index in [4.69, 9.17) is 4.74 Å². The Balaban J connectivity index is 1.98. The fraction of sp³-hybridized carbons (Fsp3) is 0.333. The van der Waals surface area contributed by atoms with Gasteiger partial charge in [0.1, 0.15) is 5.75 Å². The lowest BCUT2D eigenvalue weighted by molar-refractivity contribution is 0.414. The van der Waals surface area contributed by atoms with E-state index in [1.165, 1.54) is 17.5 Å². The van der Waals surface area contributed by atoms with Crippen molar-refractivity contribution in [3.05, 3.63) is 65.7 Å². The average molecular weight is 254 g/mol. The number of ether oxygens (including phenoxy) is 1. The summed E-state index contributed by atoms with van der Waals surface area (Å²) in [6.45, 7) is 2.27.